The van der Waals surface area contributed by atoms with Crippen molar-refractivity contribution in [2.24, 2.45) is 5.92 Å². The first-order valence-corrected chi connectivity index (χ1v) is 6.50. The van der Waals surface area contributed by atoms with E-state index in [0.29, 0.717) is 18.4 Å². The van der Waals surface area contributed by atoms with Gasteiger partial charge in [0.2, 0.25) is 0 Å². The molecule has 1 fully saturated rings. The zero-order chi connectivity index (χ0) is 14.3. The van der Waals surface area contributed by atoms with Crippen LogP contribution in [0.2, 0.25) is 0 Å². The van der Waals surface area contributed by atoms with E-state index in [0.717, 1.165) is 0 Å². The highest BCUT2D eigenvalue weighted by atomic mass is 19.3. The molecule has 2 nitrogen and oxygen atoms in total. The van der Waals surface area contributed by atoms with Gasteiger partial charge in [0.15, 0.2) is 0 Å². The van der Waals surface area contributed by atoms with Crippen molar-refractivity contribution in [3.8, 4) is 0 Å². The van der Waals surface area contributed by atoms with E-state index >= 15 is 0 Å². The molecule has 2 rings (SSSR count). The van der Waals surface area contributed by atoms with Gasteiger partial charge >= 0.3 is 5.97 Å². The van der Waals surface area contributed by atoms with Gasteiger partial charge in [0.05, 0.1) is 5.41 Å². The molecule has 1 aromatic rings. The molecular formula is C15H18F2O2. The minimum Gasteiger partial charge on any atom is -0.481 e. The average Bonchev–Trinajstić information content (AvgIpc) is 3.08. The van der Waals surface area contributed by atoms with Gasteiger partial charge in [0, 0.05) is 12.0 Å². The highest BCUT2D eigenvalue weighted by Crippen LogP contribution is 2.49. The summed E-state index contributed by atoms with van der Waals surface area (Å²) in [6.07, 6.45) is 0.833. The predicted octanol–water partition coefficient (Wildman–Crippen LogP) is 3.94. The van der Waals surface area contributed by atoms with Crippen LogP contribution in [0.25, 0.3) is 0 Å². The molecule has 1 saturated carbocycles. The molecule has 0 amide bonds. The first-order chi connectivity index (χ1) is 8.78. The zero-order valence-corrected chi connectivity index (χ0v) is 11.1. The summed E-state index contributed by atoms with van der Waals surface area (Å²) in [4.78, 5) is 11.2. The Morgan fingerprint density at radius 1 is 1.42 bits per heavy atom. The maximum atomic E-state index is 14.0. The van der Waals surface area contributed by atoms with Gasteiger partial charge in [0.25, 0.3) is 5.92 Å². The largest absolute Gasteiger partial charge is 0.481 e. The molecule has 0 saturated heterocycles. The Labute approximate surface area is 111 Å². The second kappa shape index (κ2) is 4.58. The van der Waals surface area contributed by atoms with Crippen molar-refractivity contribution in [3.63, 3.8) is 0 Å². The number of rotatable bonds is 5. The third kappa shape index (κ3) is 2.62. The summed E-state index contributed by atoms with van der Waals surface area (Å²) in [5.74, 6) is -3.94. The average molecular weight is 268 g/mol. The molecule has 1 aromatic carbocycles. The second-order valence-electron chi connectivity index (χ2n) is 5.77. The lowest BCUT2D eigenvalue weighted by Gasteiger charge is -2.20. The first kappa shape index (κ1) is 14.0. The highest BCUT2D eigenvalue weighted by Gasteiger charge is 2.52. The van der Waals surface area contributed by atoms with E-state index in [2.05, 4.69) is 0 Å². The molecule has 1 aliphatic rings. The van der Waals surface area contributed by atoms with Gasteiger partial charge < -0.3 is 5.11 Å². The number of benzene rings is 1. The first-order valence-electron chi connectivity index (χ1n) is 6.50. The SMILES string of the molecule is CC(C)CC(F)(F)c1cccc(C2(C(=O)O)CC2)c1. The highest BCUT2D eigenvalue weighted by molar-refractivity contribution is 5.84. The molecule has 19 heavy (non-hydrogen) atoms. The van der Waals surface area contributed by atoms with Crippen molar-refractivity contribution >= 4 is 5.97 Å². The van der Waals surface area contributed by atoms with Crippen LogP contribution in [0.4, 0.5) is 8.78 Å². The van der Waals surface area contributed by atoms with Crippen LogP contribution in [0.3, 0.4) is 0 Å². The van der Waals surface area contributed by atoms with Crippen LogP contribution < -0.4 is 0 Å². The summed E-state index contributed by atoms with van der Waals surface area (Å²) in [6, 6.07) is 5.91. The maximum absolute atomic E-state index is 14.0. The number of hydrogen-bond donors (Lipinski definition) is 1. The maximum Gasteiger partial charge on any atom is 0.314 e. The lowest BCUT2D eigenvalue weighted by atomic mass is 9.91. The lowest BCUT2D eigenvalue weighted by Crippen LogP contribution is -2.21. The summed E-state index contributed by atoms with van der Waals surface area (Å²) in [7, 11) is 0. The van der Waals surface area contributed by atoms with E-state index in [1.807, 2.05) is 0 Å². The van der Waals surface area contributed by atoms with Gasteiger partial charge in [-0.25, -0.2) is 8.78 Å². The third-order valence-electron chi connectivity index (χ3n) is 3.66. The molecule has 4 heteroatoms. The summed E-state index contributed by atoms with van der Waals surface area (Å²) < 4.78 is 28.1. The van der Waals surface area contributed by atoms with Crippen LogP contribution in [0.15, 0.2) is 24.3 Å². The molecule has 1 N–H and O–H groups in total. The van der Waals surface area contributed by atoms with Gasteiger partial charge in [-0.3, -0.25) is 4.79 Å². The fourth-order valence-corrected chi connectivity index (χ4v) is 2.43. The number of hydrogen-bond acceptors (Lipinski definition) is 1. The van der Waals surface area contributed by atoms with Crippen molar-refractivity contribution < 1.29 is 18.7 Å². The predicted molar refractivity (Wildman–Crippen MR) is 68.3 cm³/mol. The van der Waals surface area contributed by atoms with Crippen molar-refractivity contribution in [2.75, 3.05) is 0 Å². The van der Waals surface area contributed by atoms with E-state index < -0.39 is 17.3 Å². The van der Waals surface area contributed by atoms with Crippen LogP contribution in [0, 0.1) is 5.92 Å². The van der Waals surface area contributed by atoms with E-state index in [9.17, 15) is 18.7 Å². The summed E-state index contributed by atoms with van der Waals surface area (Å²) in [5, 5.41) is 9.21. The Bertz CT molecular complexity index is 491. The monoisotopic (exact) mass is 268 g/mol. The molecule has 0 heterocycles. The Hall–Kier alpha value is -1.45. The number of carboxylic acids is 1. The van der Waals surface area contributed by atoms with Crippen molar-refractivity contribution in [3.05, 3.63) is 35.4 Å². The molecule has 0 aliphatic heterocycles. The number of halogens is 2. The Kier molecular flexibility index (Phi) is 3.37. The number of aliphatic carboxylic acids is 1. The van der Waals surface area contributed by atoms with Crippen molar-refractivity contribution in [1.82, 2.24) is 0 Å². The molecule has 0 bridgehead atoms. The Balaban J connectivity index is 2.33. The Morgan fingerprint density at radius 2 is 2.05 bits per heavy atom. The van der Waals surface area contributed by atoms with Gasteiger partial charge in [-0.15, -0.1) is 0 Å². The van der Waals surface area contributed by atoms with E-state index in [1.54, 1.807) is 19.9 Å². The summed E-state index contributed by atoms with van der Waals surface area (Å²) >= 11 is 0. The zero-order valence-electron chi connectivity index (χ0n) is 11.1. The van der Waals surface area contributed by atoms with E-state index in [4.69, 9.17) is 0 Å². The fourth-order valence-electron chi connectivity index (χ4n) is 2.43. The molecular weight excluding hydrogens is 250 g/mol. The van der Waals surface area contributed by atoms with Crippen LogP contribution in [0.1, 0.15) is 44.2 Å². The molecule has 0 atom stereocenters. The molecule has 1 aliphatic carbocycles. The van der Waals surface area contributed by atoms with Crippen LogP contribution in [-0.4, -0.2) is 11.1 Å². The van der Waals surface area contributed by atoms with Gasteiger partial charge in [-0.05, 0) is 30.4 Å². The Morgan fingerprint density at radius 3 is 2.53 bits per heavy atom. The topological polar surface area (TPSA) is 37.3 Å². The molecule has 0 radical (unpaired) electrons. The minimum absolute atomic E-state index is 0.0776. The molecule has 0 aromatic heterocycles. The van der Waals surface area contributed by atoms with Gasteiger partial charge in [0.1, 0.15) is 0 Å². The standard InChI is InChI=1S/C15H18F2O2/c1-10(2)9-15(16,17)12-5-3-4-11(8-12)14(6-7-14)13(18)19/h3-5,8,10H,6-7,9H2,1-2H3,(H,18,19). The van der Waals surface area contributed by atoms with Crippen LogP contribution in [0.5, 0.6) is 0 Å². The van der Waals surface area contributed by atoms with Crippen LogP contribution >= 0.6 is 0 Å². The number of alkyl halides is 2. The minimum atomic E-state index is -2.90. The smallest absolute Gasteiger partial charge is 0.314 e. The van der Waals surface area contributed by atoms with Crippen molar-refractivity contribution in [2.45, 2.75) is 44.4 Å². The van der Waals surface area contributed by atoms with Crippen LogP contribution in [-0.2, 0) is 16.1 Å². The second-order valence-corrected chi connectivity index (χ2v) is 5.77. The fraction of sp³-hybridized carbons (Fsp3) is 0.533. The summed E-state index contributed by atoms with van der Waals surface area (Å²) in [5.41, 5.74) is -0.503. The number of carboxylic acid groups (broad SMARTS) is 1. The molecule has 0 unspecified atom stereocenters. The van der Waals surface area contributed by atoms with E-state index in [-0.39, 0.29) is 17.9 Å². The lowest BCUT2D eigenvalue weighted by molar-refractivity contribution is -0.140. The molecule has 104 valence electrons. The van der Waals surface area contributed by atoms with Crippen molar-refractivity contribution in [1.29, 1.82) is 0 Å². The molecule has 0 spiro atoms. The number of carbonyl (C=O) groups is 1. The van der Waals surface area contributed by atoms with E-state index in [1.165, 1.54) is 18.2 Å². The normalized spacial score (nSPS) is 17.5. The quantitative estimate of drug-likeness (QED) is 0.878. The third-order valence-corrected chi connectivity index (χ3v) is 3.66. The summed E-state index contributed by atoms with van der Waals surface area (Å²) in [6.45, 7) is 3.49. The van der Waals surface area contributed by atoms with Gasteiger partial charge in [-0.2, -0.15) is 0 Å². The van der Waals surface area contributed by atoms with Gasteiger partial charge in [-0.1, -0.05) is 32.0 Å².